The van der Waals surface area contributed by atoms with Crippen LogP contribution in [0.3, 0.4) is 0 Å². The number of amides is 3. The van der Waals surface area contributed by atoms with Crippen molar-refractivity contribution in [2.24, 2.45) is 0 Å². The molecule has 1 aromatic heterocycles. The molecule has 1 aliphatic heterocycles. The molecule has 10 nitrogen and oxygen atoms in total. The number of rotatable bonds is 3. The predicted molar refractivity (Wildman–Crippen MR) is 91.9 cm³/mol. The van der Waals surface area contributed by atoms with Crippen LogP contribution in [0.4, 0.5) is 5.69 Å². The van der Waals surface area contributed by atoms with Crippen molar-refractivity contribution in [2.45, 2.75) is 6.92 Å². The van der Waals surface area contributed by atoms with Crippen molar-refractivity contribution >= 4 is 23.4 Å². The lowest BCUT2D eigenvalue weighted by molar-refractivity contribution is 0.0704. The van der Waals surface area contributed by atoms with Gasteiger partial charge in [-0.3, -0.25) is 24.2 Å². The van der Waals surface area contributed by atoms with E-state index < -0.39 is 29.0 Å². The number of aromatic nitrogens is 2. The molecule has 10 heteroatoms. The zero-order valence-corrected chi connectivity index (χ0v) is 13.8. The summed E-state index contributed by atoms with van der Waals surface area (Å²) in [6.45, 7) is 1.45. The van der Waals surface area contributed by atoms with Crippen LogP contribution in [0.5, 0.6) is 0 Å². The van der Waals surface area contributed by atoms with Crippen LogP contribution < -0.4 is 16.6 Å². The van der Waals surface area contributed by atoms with Gasteiger partial charge in [0.15, 0.2) is 0 Å². The normalized spacial score (nSPS) is 13.3. The average molecular weight is 365 g/mol. The lowest BCUT2D eigenvalue weighted by Crippen LogP contribution is -2.27. The van der Waals surface area contributed by atoms with Crippen LogP contribution in [0.2, 0.25) is 0 Å². The van der Waals surface area contributed by atoms with Crippen LogP contribution in [-0.4, -0.2) is 32.6 Å². The molecular weight excluding hydrogens is 354 g/mol. The third kappa shape index (κ3) is 3.05. The van der Waals surface area contributed by atoms with E-state index in [0.717, 1.165) is 17.2 Å². The number of imide groups is 1. The largest absolute Gasteiger partial charge is 0.325 e. The van der Waals surface area contributed by atoms with E-state index in [9.17, 15) is 24.0 Å². The SMILES string of the molecule is C/C(=C\C#N)N1C(=O)c2ccc(C(=O)Nc3c[nH]c(=O)[nH]c3=O)cc2C1=O. The Morgan fingerprint density at radius 2 is 1.89 bits per heavy atom. The number of hydrogen-bond acceptors (Lipinski definition) is 6. The number of nitrogens with one attached hydrogen (secondary N) is 3. The maximum absolute atomic E-state index is 12.5. The molecule has 3 N–H and O–H groups in total. The number of hydrogen-bond donors (Lipinski definition) is 3. The van der Waals surface area contributed by atoms with Crippen molar-refractivity contribution in [1.82, 2.24) is 14.9 Å². The van der Waals surface area contributed by atoms with Crippen molar-refractivity contribution in [3.63, 3.8) is 0 Å². The molecule has 0 aliphatic carbocycles. The number of allylic oxidation sites excluding steroid dienone is 2. The first-order valence-electron chi connectivity index (χ1n) is 7.56. The maximum atomic E-state index is 12.5. The molecule has 0 unspecified atom stereocenters. The minimum atomic E-state index is -0.789. The van der Waals surface area contributed by atoms with Gasteiger partial charge in [-0.25, -0.2) is 9.69 Å². The van der Waals surface area contributed by atoms with E-state index in [4.69, 9.17) is 5.26 Å². The van der Waals surface area contributed by atoms with E-state index in [1.54, 1.807) is 6.07 Å². The quantitative estimate of drug-likeness (QED) is 0.526. The lowest BCUT2D eigenvalue weighted by atomic mass is 10.1. The van der Waals surface area contributed by atoms with Crippen LogP contribution >= 0.6 is 0 Å². The van der Waals surface area contributed by atoms with Crippen molar-refractivity contribution in [3.8, 4) is 6.07 Å². The third-order valence-electron chi connectivity index (χ3n) is 3.84. The molecule has 3 rings (SSSR count). The molecule has 2 heterocycles. The summed E-state index contributed by atoms with van der Waals surface area (Å²) in [5.74, 6) is -1.96. The number of aromatic amines is 2. The predicted octanol–water partition coefficient (Wildman–Crippen LogP) is 0.339. The standard InChI is InChI=1S/C17H11N5O5/c1-8(4-5-18)22-15(25)10-3-2-9(6-11(10)16(22)26)13(23)20-12-7-19-17(27)21-14(12)24/h2-4,6-7H,1H3,(H,20,23)(H2,19,21,24,27)/b8-4+. The van der Waals surface area contributed by atoms with Gasteiger partial charge in [-0.05, 0) is 25.1 Å². The number of benzene rings is 1. The van der Waals surface area contributed by atoms with Crippen molar-refractivity contribution < 1.29 is 14.4 Å². The number of nitrogens with zero attached hydrogens (tertiary/aromatic N) is 2. The number of nitriles is 1. The first-order valence-corrected chi connectivity index (χ1v) is 7.56. The maximum Gasteiger partial charge on any atom is 0.325 e. The Kier molecular flexibility index (Phi) is 4.27. The first-order chi connectivity index (χ1) is 12.8. The number of fused-ring (bicyclic) bond motifs is 1. The molecule has 0 bridgehead atoms. The Morgan fingerprint density at radius 3 is 2.56 bits per heavy atom. The van der Waals surface area contributed by atoms with E-state index in [2.05, 4.69) is 10.3 Å². The van der Waals surface area contributed by atoms with Crippen LogP contribution in [-0.2, 0) is 0 Å². The molecule has 3 amide bonds. The molecule has 2 aromatic rings. The molecule has 1 aromatic carbocycles. The average Bonchev–Trinajstić information content (AvgIpc) is 2.88. The molecule has 1 aliphatic rings. The summed E-state index contributed by atoms with van der Waals surface area (Å²) in [7, 11) is 0. The summed E-state index contributed by atoms with van der Waals surface area (Å²) in [6.07, 6.45) is 2.11. The fourth-order valence-corrected chi connectivity index (χ4v) is 2.56. The van der Waals surface area contributed by atoms with Crippen LogP contribution in [0.1, 0.15) is 38.0 Å². The van der Waals surface area contributed by atoms with Gasteiger partial charge in [0.2, 0.25) is 0 Å². The number of H-pyrrole nitrogens is 2. The zero-order valence-electron chi connectivity index (χ0n) is 13.8. The van der Waals surface area contributed by atoms with E-state index in [-0.39, 0.29) is 28.1 Å². The van der Waals surface area contributed by atoms with Gasteiger partial charge < -0.3 is 10.3 Å². The Balaban J connectivity index is 1.93. The monoisotopic (exact) mass is 365 g/mol. The van der Waals surface area contributed by atoms with Gasteiger partial charge in [0, 0.05) is 23.5 Å². The second kappa shape index (κ2) is 6.57. The van der Waals surface area contributed by atoms with E-state index >= 15 is 0 Å². The summed E-state index contributed by atoms with van der Waals surface area (Å²) < 4.78 is 0. The Labute approximate surface area is 150 Å². The van der Waals surface area contributed by atoms with E-state index in [1.165, 1.54) is 25.1 Å². The number of anilines is 1. The fourth-order valence-electron chi connectivity index (χ4n) is 2.56. The summed E-state index contributed by atoms with van der Waals surface area (Å²) in [4.78, 5) is 64.8. The van der Waals surface area contributed by atoms with Crippen LogP contribution in [0.15, 0.2) is 45.8 Å². The van der Waals surface area contributed by atoms with Gasteiger partial charge in [0.05, 0.1) is 17.2 Å². The lowest BCUT2D eigenvalue weighted by Gasteiger charge is -2.12. The topological polar surface area (TPSA) is 156 Å². The van der Waals surface area contributed by atoms with Gasteiger partial charge in [-0.1, -0.05) is 0 Å². The van der Waals surface area contributed by atoms with Gasteiger partial charge in [0.25, 0.3) is 23.3 Å². The smallest absolute Gasteiger partial charge is 0.316 e. The second-order valence-electron chi connectivity index (χ2n) is 5.56. The molecule has 0 atom stereocenters. The summed E-state index contributed by atoms with van der Waals surface area (Å²) in [5.41, 5.74) is -1.39. The zero-order chi connectivity index (χ0) is 19.7. The molecule has 134 valence electrons. The highest BCUT2D eigenvalue weighted by molar-refractivity contribution is 6.23. The molecule has 0 saturated heterocycles. The summed E-state index contributed by atoms with van der Waals surface area (Å²) in [6, 6.07) is 5.62. The first kappa shape index (κ1) is 17.6. The van der Waals surface area contributed by atoms with E-state index in [1.807, 2.05) is 4.98 Å². The van der Waals surface area contributed by atoms with Gasteiger partial charge in [0.1, 0.15) is 5.69 Å². The van der Waals surface area contributed by atoms with Crippen molar-refractivity contribution in [3.05, 3.63) is 73.7 Å². The number of carbonyl (C=O) groups excluding carboxylic acids is 3. The van der Waals surface area contributed by atoms with Crippen LogP contribution in [0.25, 0.3) is 0 Å². The Hall–Kier alpha value is -4.26. The van der Waals surface area contributed by atoms with Crippen molar-refractivity contribution in [2.75, 3.05) is 5.32 Å². The highest BCUT2D eigenvalue weighted by Gasteiger charge is 2.37. The van der Waals surface area contributed by atoms with E-state index in [0.29, 0.717) is 0 Å². The van der Waals surface area contributed by atoms with Gasteiger partial charge in [-0.2, -0.15) is 5.26 Å². The Bertz CT molecular complexity index is 1180. The highest BCUT2D eigenvalue weighted by Crippen LogP contribution is 2.27. The number of carbonyl (C=O) groups is 3. The van der Waals surface area contributed by atoms with Gasteiger partial charge in [-0.15, -0.1) is 0 Å². The van der Waals surface area contributed by atoms with Crippen LogP contribution in [0, 0.1) is 11.3 Å². The molecule has 0 saturated carbocycles. The molecule has 0 radical (unpaired) electrons. The molecule has 0 spiro atoms. The van der Waals surface area contributed by atoms with Crippen molar-refractivity contribution in [1.29, 1.82) is 5.26 Å². The highest BCUT2D eigenvalue weighted by atomic mass is 16.2. The summed E-state index contributed by atoms with van der Waals surface area (Å²) in [5, 5.41) is 11.0. The Morgan fingerprint density at radius 1 is 1.19 bits per heavy atom. The summed E-state index contributed by atoms with van der Waals surface area (Å²) >= 11 is 0. The minimum absolute atomic E-state index is 0.00807. The second-order valence-corrected chi connectivity index (χ2v) is 5.56. The fraction of sp³-hybridized carbons (Fsp3) is 0.0588. The molecule has 27 heavy (non-hydrogen) atoms. The molecule has 0 fully saturated rings. The molecular formula is C17H11N5O5. The minimum Gasteiger partial charge on any atom is -0.316 e. The third-order valence-corrected chi connectivity index (χ3v) is 3.84. The van der Waals surface area contributed by atoms with Gasteiger partial charge >= 0.3 is 5.69 Å².